The van der Waals surface area contributed by atoms with E-state index in [-0.39, 0.29) is 0 Å². The maximum atomic E-state index is 11.9. The minimum absolute atomic E-state index is 0.357. The Morgan fingerprint density at radius 2 is 1.95 bits per heavy atom. The quantitative estimate of drug-likeness (QED) is 0.524. The lowest BCUT2D eigenvalue weighted by molar-refractivity contribution is 0.0729. The zero-order valence-electron chi connectivity index (χ0n) is 10.3. The van der Waals surface area contributed by atoms with Crippen LogP contribution in [0.5, 0.6) is 5.75 Å². The standard InChI is InChI=1S/C15H11NO2S/c1-10-16-14(9-19-10)15(17)18-13-7-6-11-4-2-3-5-12(11)8-13/h2-9H,1H3. The molecule has 3 aromatic rings. The highest BCUT2D eigenvalue weighted by Gasteiger charge is 2.12. The van der Waals surface area contributed by atoms with Crippen LogP contribution in [-0.2, 0) is 0 Å². The Hall–Kier alpha value is -2.20. The summed E-state index contributed by atoms with van der Waals surface area (Å²) in [5.41, 5.74) is 0.357. The van der Waals surface area contributed by atoms with E-state index in [0.717, 1.165) is 15.8 Å². The SMILES string of the molecule is Cc1nc(C(=O)Oc2ccc3ccccc3c2)cs1. The highest BCUT2D eigenvalue weighted by atomic mass is 32.1. The Morgan fingerprint density at radius 3 is 2.68 bits per heavy atom. The van der Waals surface area contributed by atoms with Gasteiger partial charge in [0.25, 0.3) is 0 Å². The molecule has 0 radical (unpaired) electrons. The van der Waals surface area contributed by atoms with Gasteiger partial charge in [0.1, 0.15) is 5.75 Å². The average Bonchev–Trinajstić information content (AvgIpc) is 2.85. The second kappa shape index (κ2) is 4.82. The molecule has 3 nitrogen and oxygen atoms in total. The van der Waals surface area contributed by atoms with Crippen molar-refractivity contribution in [1.82, 2.24) is 4.98 Å². The fraction of sp³-hybridized carbons (Fsp3) is 0.0667. The lowest BCUT2D eigenvalue weighted by Crippen LogP contribution is -2.08. The number of hydrogen-bond donors (Lipinski definition) is 0. The number of nitrogens with zero attached hydrogens (tertiary/aromatic N) is 1. The first-order valence-electron chi connectivity index (χ1n) is 5.85. The summed E-state index contributed by atoms with van der Waals surface area (Å²) < 4.78 is 5.33. The van der Waals surface area contributed by atoms with E-state index in [0.29, 0.717) is 11.4 Å². The molecular formula is C15H11NO2S. The fourth-order valence-corrected chi connectivity index (χ4v) is 2.43. The summed E-state index contributed by atoms with van der Waals surface area (Å²) in [5.74, 6) is 0.119. The summed E-state index contributed by atoms with van der Waals surface area (Å²) in [7, 11) is 0. The van der Waals surface area contributed by atoms with Crippen LogP contribution in [0.2, 0.25) is 0 Å². The monoisotopic (exact) mass is 269 g/mol. The first-order chi connectivity index (χ1) is 9.22. The first kappa shape index (κ1) is 11.9. The highest BCUT2D eigenvalue weighted by Crippen LogP contribution is 2.21. The molecule has 0 amide bonds. The molecule has 0 aliphatic carbocycles. The normalized spacial score (nSPS) is 10.6. The van der Waals surface area contributed by atoms with E-state index in [9.17, 15) is 4.79 Å². The minimum atomic E-state index is -0.417. The first-order valence-corrected chi connectivity index (χ1v) is 6.73. The van der Waals surface area contributed by atoms with Crippen LogP contribution in [0.25, 0.3) is 10.8 Å². The highest BCUT2D eigenvalue weighted by molar-refractivity contribution is 7.09. The van der Waals surface area contributed by atoms with Crippen molar-refractivity contribution in [2.45, 2.75) is 6.92 Å². The summed E-state index contributed by atoms with van der Waals surface area (Å²) in [4.78, 5) is 16.0. The van der Waals surface area contributed by atoms with Crippen LogP contribution in [0.3, 0.4) is 0 Å². The lowest BCUT2D eigenvalue weighted by atomic mass is 10.1. The second-order valence-electron chi connectivity index (χ2n) is 4.15. The number of fused-ring (bicyclic) bond motifs is 1. The van der Waals surface area contributed by atoms with Crippen molar-refractivity contribution < 1.29 is 9.53 Å². The maximum absolute atomic E-state index is 11.9. The number of ether oxygens (including phenoxy) is 1. The summed E-state index contributed by atoms with van der Waals surface area (Å²) in [6.45, 7) is 1.86. The van der Waals surface area contributed by atoms with Gasteiger partial charge in [0.05, 0.1) is 5.01 Å². The van der Waals surface area contributed by atoms with Gasteiger partial charge < -0.3 is 4.74 Å². The van der Waals surface area contributed by atoms with E-state index in [1.807, 2.05) is 43.3 Å². The zero-order chi connectivity index (χ0) is 13.2. The van der Waals surface area contributed by atoms with Gasteiger partial charge in [-0.1, -0.05) is 30.3 Å². The van der Waals surface area contributed by atoms with Crippen molar-refractivity contribution in [3.8, 4) is 5.75 Å². The van der Waals surface area contributed by atoms with Gasteiger partial charge in [0.2, 0.25) is 0 Å². The Morgan fingerprint density at radius 1 is 1.16 bits per heavy atom. The van der Waals surface area contributed by atoms with Crippen molar-refractivity contribution in [2.75, 3.05) is 0 Å². The predicted molar refractivity (Wildman–Crippen MR) is 75.8 cm³/mol. The van der Waals surface area contributed by atoms with Crippen LogP contribution in [0.15, 0.2) is 47.8 Å². The molecular weight excluding hydrogens is 258 g/mol. The molecule has 19 heavy (non-hydrogen) atoms. The van der Waals surface area contributed by atoms with Crippen LogP contribution in [-0.4, -0.2) is 11.0 Å². The van der Waals surface area contributed by atoms with Crippen molar-refractivity contribution in [1.29, 1.82) is 0 Å². The molecule has 0 saturated carbocycles. The van der Waals surface area contributed by atoms with Crippen LogP contribution >= 0.6 is 11.3 Å². The molecule has 2 aromatic carbocycles. The number of thiazole rings is 1. The Bertz CT molecular complexity index is 748. The number of esters is 1. The molecule has 94 valence electrons. The summed E-state index contributed by atoms with van der Waals surface area (Å²) in [6, 6.07) is 13.5. The van der Waals surface area contributed by atoms with Crippen molar-refractivity contribution in [3.05, 3.63) is 58.5 Å². The van der Waals surface area contributed by atoms with Gasteiger partial charge in [-0.05, 0) is 29.8 Å². The number of aryl methyl sites for hydroxylation is 1. The summed E-state index contributed by atoms with van der Waals surface area (Å²) >= 11 is 1.43. The molecule has 0 spiro atoms. The van der Waals surface area contributed by atoms with E-state index in [4.69, 9.17) is 4.74 Å². The van der Waals surface area contributed by atoms with Crippen molar-refractivity contribution in [3.63, 3.8) is 0 Å². The number of carbonyl (C=O) groups is 1. The Kier molecular flexibility index (Phi) is 3.01. The fourth-order valence-electron chi connectivity index (χ4n) is 1.85. The van der Waals surface area contributed by atoms with Gasteiger partial charge in [0, 0.05) is 5.38 Å². The number of benzene rings is 2. The van der Waals surface area contributed by atoms with Gasteiger partial charge in [-0.3, -0.25) is 0 Å². The molecule has 0 aliphatic heterocycles. The molecule has 0 fully saturated rings. The number of carbonyl (C=O) groups excluding carboxylic acids is 1. The molecule has 3 rings (SSSR count). The third-order valence-corrected chi connectivity index (χ3v) is 3.53. The van der Waals surface area contributed by atoms with Gasteiger partial charge in [-0.2, -0.15) is 0 Å². The number of rotatable bonds is 2. The molecule has 1 aromatic heterocycles. The smallest absolute Gasteiger partial charge is 0.363 e. The van der Waals surface area contributed by atoms with E-state index in [2.05, 4.69) is 4.98 Å². The number of hydrogen-bond acceptors (Lipinski definition) is 4. The Balaban J connectivity index is 1.87. The maximum Gasteiger partial charge on any atom is 0.363 e. The van der Waals surface area contributed by atoms with Crippen molar-refractivity contribution in [2.24, 2.45) is 0 Å². The van der Waals surface area contributed by atoms with Crippen LogP contribution in [0.1, 0.15) is 15.5 Å². The van der Waals surface area contributed by atoms with Gasteiger partial charge >= 0.3 is 5.97 Å². The summed E-state index contributed by atoms with van der Waals surface area (Å²) in [5, 5.41) is 4.72. The van der Waals surface area contributed by atoms with E-state index < -0.39 is 5.97 Å². The average molecular weight is 269 g/mol. The second-order valence-corrected chi connectivity index (χ2v) is 5.21. The van der Waals surface area contributed by atoms with Crippen LogP contribution < -0.4 is 4.74 Å². The van der Waals surface area contributed by atoms with E-state index >= 15 is 0 Å². The largest absolute Gasteiger partial charge is 0.422 e. The van der Waals surface area contributed by atoms with Gasteiger partial charge in [-0.15, -0.1) is 11.3 Å². The third-order valence-electron chi connectivity index (χ3n) is 2.76. The predicted octanol–water partition coefficient (Wildman–Crippen LogP) is 3.82. The van der Waals surface area contributed by atoms with E-state index in [1.165, 1.54) is 11.3 Å². The van der Waals surface area contributed by atoms with Crippen LogP contribution in [0, 0.1) is 6.92 Å². The molecule has 0 unspecified atom stereocenters. The molecule has 0 aliphatic rings. The number of aromatic nitrogens is 1. The summed E-state index contributed by atoms with van der Waals surface area (Å²) in [6.07, 6.45) is 0. The molecule has 0 atom stereocenters. The Labute approximate surface area is 114 Å². The molecule has 0 bridgehead atoms. The topological polar surface area (TPSA) is 39.2 Å². The third kappa shape index (κ3) is 2.48. The molecule has 1 heterocycles. The minimum Gasteiger partial charge on any atom is -0.422 e. The molecule has 0 N–H and O–H groups in total. The van der Waals surface area contributed by atoms with Crippen molar-refractivity contribution >= 4 is 28.1 Å². The molecule has 0 saturated heterocycles. The molecule has 4 heteroatoms. The van der Waals surface area contributed by atoms with Gasteiger partial charge in [0.15, 0.2) is 5.69 Å². The van der Waals surface area contributed by atoms with Crippen LogP contribution in [0.4, 0.5) is 0 Å². The van der Waals surface area contributed by atoms with Gasteiger partial charge in [-0.25, -0.2) is 9.78 Å². The zero-order valence-corrected chi connectivity index (χ0v) is 11.1. The van der Waals surface area contributed by atoms with E-state index in [1.54, 1.807) is 11.4 Å². The lowest BCUT2D eigenvalue weighted by Gasteiger charge is -2.04.